The van der Waals surface area contributed by atoms with E-state index in [1.165, 1.54) is 6.08 Å². The maximum absolute atomic E-state index is 12.2. The van der Waals surface area contributed by atoms with E-state index in [2.05, 4.69) is 0 Å². The number of para-hydroxylation sites is 1. The van der Waals surface area contributed by atoms with Gasteiger partial charge in [0.25, 0.3) is 0 Å². The standard InChI is InChI=1S/C34H52O10/c1-23(19-28-33(39)32(38)26(22-43-28)21-29-34(44-29)24(2)25(3)35)20-31(37)41-16-12-7-5-4-6-11-15-30(36)42-18-17-40-27-13-9-8-10-14-27/h8-10,13-14,20,24-26,28-29,32-35,38-39H,4-7,11-12,15-19,21-22H2,1-3H3/b23-20+/t24-,25-,26-,28-,29?,32+,33-,34-/m0/s1. The van der Waals surface area contributed by atoms with Crippen molar-refractivity contribution in [1.29, 1.82) is 0 Å². The van der Waals surface area contributed by atoms with Gasteiger partial charge in [-0.3, -0.25) is 4.79 Å². The second kappa shape index (κ2) is 19.1. The minimum atomic E-state index is -1.07. The summed E-state index contributed by atoms with van der Waals surface area (Å²) in [5.41, 5.74) is 0.711. The van der Waals surface area contributed by atoms with Gasteiger partial charge in [0.1, 0.15) is 25.1 Å². The van der Waals surface area contributed by atoms with Gasteiger partial charge in [0.2, 0.25) is 0 Å². The van der Waals surface area contributed by atoms with Gasteiger partial charge in [-0.1, -0.05) is 56.4 Å². The average molecular weight is 621 g/mol. The van der Waals surface area contributed by atoms with Crippen molar-refractivity contribution < 1.29 is 48.6 Å². The van der Waals surface area contributed by atoms with Crippen molar-refractivity contribution >= 4 is 11.9 Å². The minimum absolute atomic E-state index is 0.0125. The molecule has 0 bridgehead atoms. The maximum atomic E-state index is 12.2. The van der Waals surface area contributed by atoms with Crippen molar-refractivity contribution in [2.24, 2.45) is 11.8 Å². The fraction of sp³-hybridized carbons (Fsp3) is 0.706. The third-order valence-corrected chi connectivity index (χ3v) is 8.44. The first-order chi connectivity index (χ1) is 21.2. The van der Waals surface area contributed by atoms with Crippen molar-refractivity contribution in [1.82, 2.24) is 0 Å². The van der Waals surface area contributed by atoms with Gasteiger partial charge in [-0.25, -0.2) is 4.79 Å². The normalized spacial score (nSPS) is 26.5. The van der Waals surface area contributed by atoms with Crippen molar-refractivity contribution in [2.45, 2.75) is 115 Å². The molecule has 0 saturated carbocycles. The molecule has 2 fully saturated rings. The van der Waals surface area contributed by atoms with Crippen LogP contribution in [0.5, 0.6) is 5.75 Å². The number of epoxide rings is 1. The molecule has 1 unspecified atom stereocenters. The number of hydrogen-bond acceptors (Lipinski definition) is 10. The number of hydrogen-bond donors (Lipinski definition) is 3. The second-order valence-electron chi connectivity index (χ2n) is 12.2. The highest BCUT2D eigenvalue weighted by molar-refractivity contribution is 5.82. The number of carbonyl (C=O) groups is 2. The monoisotopic (exact) mass is 620 g/mol. The summed E-state index contributed by atoms with van der Waals surface area (Å²) in [6, 6.07) is 9.41. The maximum Gasteiger partial charge on any atom is 0.330 e. The topological polar surface area (TPSA) is 144 Å². The van der Waals surface area contributed by atoms with Crippen molar-refractivity contribution in [3.63, 3.8) is 0 Å². The van der Waals surface area contributed by atoms with E-state index < -0.39 is 30.4 Å². The molecule has 0 spiro atoms. The Morgan fingerprint density at radius 1 is 0.932 bits per heavy atom. The zero-order valence-corrected chi connectivity index (χ0v) is 26.5. The Labute approximate surface area is 261 Å². The third kappa shape index (κ3) is 12.9. The van der Waals surface area contributed by atoms with E-state index in [0.29, 0.717) is 44.7 Å². The number of aliphatic hydroxyl groups excluding tert-OH is 3. The Bertz CT molecular complexity index is 1010. The van der Waals surface area contributed by atoms with Crippen LogP contribution in [0.2, 0.25) is 0 Å². The molecule has 2 aliphatic heterocycles. The fourth-order valence-electron chi connectivity index (χ4n) is 5.49. The molecule has 0 aliphatic carbocycles. The van der Waals surface area contributed by atoms with Gasteiger partial charge < -0.3 is 39.0 Å². The lowest BCUT2D eigenvalue weighted by atomic mass is 9.85. The van der Waals surface area contributed by atoms with E-state index in [4.69, 9.17) is 23.7 Å². The SMILES string of the molecule is C/C(=C\C(=O)OCCCCCCCCC(=O)OCCOc1ccccc1)C[C@@H]1OC[C@H](CC2O[C@H]2[C@@H](C)[C@H](C)O)[C@@H](O)[C@H]1O. The number of unbranched alkanes of at least 4 members (excludes halogenated alkanes) is 5. The Hall–Kier alpha value is -2.50. The van der Waals surface area contributed by atoms with Crippen molar-refractivity contribution in [3.05, 3.63) is 42.0 Å². The third-order valence-electron chi connectivity index (χ3n) is 8.44. The van der Waals surface area contributed by atoms with Crippen LogP contribution < -0.4 is 4.74 Å². The number of carbonyl (C=O) groups excluding carboxylic acids is 2. The summed E-state index contributed by atoms with van der Waals surface area (Å²) >= 11 is 0. The molecule has 3 N–H and O–H groups in total. The van der Waals surface area contributed by atoms with Crippen molar-refractivity contribution in [3.8, 4) is 5.75 Å². The molecule has 0 amide bonds. The highest BCUT2D eigenvalue weighted by Crippen LogP contribution is 2.38. The van der Waals surface area contributed by atoms with E-state index in [9.17, 15) is 24.9 Å². The summed E-state index contributed by atoms with van der Waals surface area (Å²) in [7, 11) is 0. The lowest BCUT2D eigenvalue weighted by molar-refractivity contribution is -0.165. The van der Waals surface area contributed by atoms with Crippen LogP contribution in [0.3, 0.4) is 0 Å². The molecule has 2 aliphatic rings. The van der Waals surface area contributed by atoms with Gasteiger partial charge in [-0.2, -0.15) is 0 Å². The number of ether oxygens (including phenoxy) is 5. The molecule has 10 heteroatoms. The van der Waals surface area contributed by atoms with Gasteiger partial charge >= 0.3 is 11.9 Å². The van der Waals surface area contributed by atoms with Crippen LogP contribution in [0.25, 0.3) is 0 Å². The molecule has 1 aromatic rings. The Kier molecular flexibility index (Phi) is 15.6. The Morgan fingerprint density at radius 3 is 2.36 bits per heavy atom. The van der Waals surface area contributed by atoms with Crippen LogP contribution >= 0.6 is 0 Å². The van der Waals surface area contributed by atoms with Crippen LogP contribution in [0, 0.1) is 11.8 Å². The predicted molar refractivity (Wildman–Crippen MR) is 164 cm³/mol. The van der Waals surface area contributed by atoms with Gasteiger partial charge in [0, 0.05) is 24.3 Å². The summed E-state index contributed by atoms with van der Waals surface area (Å²) < 4.78 is 27.6. The van der Waals surface area contributed by atoms with E-state index in [0.717, 1.165) is 44.3 Å². The van der Waals surface area contributed by atoms with Crippen LogP contribution in [-0.2, 0) is 28.5 Å². The fourth-order valence-corrected chi connectivity index (χ4v) is 5.49. The molecule has 2 saturated heterocycles. The molecule has 44 heavy (non-hydrogen) atoms. The van der Waals surface area contributed by atoms with Crippen LogP contribution in [0.1, 0.15) is 78.6 Å². The highest BCUT2D eigenvalue weighted by Gasteiger charge is 2.48. The van der Waals surface area contributed by atoms with Gasteiger partial charge in [0.15, 0.2) is 0 Å². The lowest BCUT2D eigenvalue weighted by Crippen LogP contribution is -2.50. The molecule has 2 heterocycles. The minimum Gasteiger partial charge on any atom is -0.490 e. The first-order valence-corrected chi connectivity index (χ1v) is 16.1. The summed E-state index contributed by atoms with van der Waals surface area (Å²) in [5.74, 6) is -0.117. The smallest absolute Gasteiger partial charge is 0.330 e. The number of esters is 2. The molecule has 8 atom stereocenters. The van der Waals surface area contributed by atoms with E-state index >= 15 is 0 Å². The number of rotatable bonds is 20. The largest absolute Gasteiger partial charge is 0.490 e. The van der Waals surface area contributed by atoms with Crippen LogP contribution in [0.15, 0.2) is 42.0 Å². The quantitative estimate of drug-likeness (QED) is 0.0842. The average Bonchev–Trinajstić information content (AvgIpc) is 3.77. The number of benzene rings is 1. The first kappa shape index (κ1) is 36.0. The summed E-state index contributed by atoms with van der Waals surface area (Å²) in [6.07, 6.45) is 4.97. The zero-order chi connectivity index (χ0) is 31.9. The summed E-state index contributed by atoms with van der Waals surface area (Å²) in [5, 5.41) is 31.1. The predicted octanol–water partition coefficient (Wildman–Crippen LogP) is 4.13. The van der Waals surface area contributed by atoms with Crippen LogP contribution in [0.4, 0.5) is 0 Å². The van der Waals surface area contributed by atoms with Crippen LogP contribution in [-0.4, -0.2) is 90.3 Å². The first-order valence-electron chi connectivity index (χ1n) is 16.1. The molecule has 3 rings (SSSR count). The summed E-state index contributed by atoms with van der Waals surface area (Å²) in [6.45, 7) is 6.66. The highest BCUT2D eigenvalue weighted by atomic mass is 16.6. The Balaban J connectivity index is 1.17. The summed E-state index contributed by atoms with van der Waals surface area (Å²) in [4.78, 5) is 24.1. The zero-order valence-electron chi connectivity index (χ0n) is 26.5. The van der Waals surface area contributed by atoms with Gasteiger partial charge in [-0.05, 0) is 51.7 Å². The molecular weight excluding hydrogens is 568 g/mol. The molecular formula is C34H52O10. The molecule has 0 aromatic heterocycles. The van der Waals surface area contributed by atoms with Gasteiger partial charge in [0.05, 0.1) is 43.7 Å². The molecule has 1 aromatic carbocycles. The van der Waals surface area contributed by atoms with E-state index in [1.807, 2.05) is 37.3 Å². The molecule has 248 valence electrons. The van der Waals surface area contributed by atoms with Crippen molar-refractivity contribution in [2.75, 3.05) is 26.4 Å². The second-order valence-corrected chi connectivity index (χ2v) is 12.2. The van der Waals surface area contributed by atoms with Gasteiger partial charge in [-0.15, -0.1) is 0 Å². The Morgan fingerprint density at radius 2 is 1.64 bits per heavy atom. The lowest BCUT2D eigenvalue weighted by Gasteiger charge is -2.38. The van der Waals surface area contributed by atoms with E-state index in [-0.39, 0.29) is 36.6 Å². The molecule has 10 nitrogen and oxygen atoms in total. The van der Waals surface area contributed by atoms with E-state index in [1.54, 1.807) is 13.8 Å². The molecule has 0 radical (unpaired) electrons. The number of aliphatic hydroxyl groups is 3.